The fourth-order valence-corrected chi connectivity index (χ4v) is 6.07. The summed E-state index contributed by atoms with van der Waals surface area (Å²) >= 11 is 0. The van der Waals surface area contributed by atoms with Crippen molar-refractivity contribution in [3.63, 3.8) is 0 Å². The van der Waals surface area contributed by atoms with Gasteiger partial charge in [-0.25, -0.2) is 0 Å². The van der Waals surface area contributed by atoms with Gasteiger partial charge in [-0.2, -0.15) is 8.42 Å². The Morgan fingerprint density at radius 2 is 1.02 bits per heavy atom. The molecule has 3 unspecified atom stereocenters. The first-order chi connectivity index (χ1) is 20.2. The van der Waals surface area contributed by atoms with Crippen molar-refractivity contribution in [3.8, 4) is 0 Å². The van der Waals surface area contributed by atoms with Crippen molar-refractivity contribution in [1.29, 1.82) is 0 Å². The number of amides is 1. The van der Waals surface area contributed by atoms with E-state index >= 15 is 0 Å². The highest BCUT2D eigenvalue weighted by atomic mass is 32.2. The maximum absolute atomic E-state index is 12.5. The van der Waals surface area contributed by atoms with E-state index in [-0.39, 0.29) is 6.42 Å². The maximum atomic E-state index is 12.5. The average Bonchev–Trinajstić information content (AvgIpc) is 2.94. The van der Waals surface area contributed by atoms with Crippen molar-refractivity contribution < 1.29 is 28.0 Å². The SMILES string of the molecule is CCCCCCCCCCCCCC/C=C/C(O)C(CS(=O)(=O)O)NC(=O)C(O)CCCCCCCCCCCCC. The Labute approximate surface area is 259 Å². The number of nitrogens with one attached hydrogen (secondary N) is 1. The molecule has 4 N–H and O–H groups in total. The topological polar surface area (TPSA) is 124 Å². The molecule has 7 nitrogen and oxygen atoms in total. The molecule has 0 spiro atoms. The van der Waals surface area contributed by atoms with Gasteiger partial charge in [0.05, 0.1) is 17.9 Å². The quantitative estimate of drug-likeness (QED) is 0.0352. The molecule has 1 amide bonds. The van der Waals surface area contributed by atoms with Crippen LogP contribution in [-0.4, -0.2) is 53.1 Å². The smallest absolute Gasteiger partial charge is 0.267 e. The molecule has 0 aliphatic carbocycles. The van der Waals surface area contributed by atoms with Gasteiger partial charge >= 0.3 is 0 Å². The summed E-state index contributed by atoms with van der Waals surface area (Å²) in [6, 6.07) is -1.22. The van der Waals surface area contributed by atoms with Crippen LogP contribution in [0.1, 0.15) is 174 Å². The summed E-state index contributed by atoms with van der Waals surface area (Å²) in [7, 11) is -4.43. The molecule has 0 aliphatic rings. The van der Waals surface area contributed by atoms with Gasteiger partial charge in [0, 0.05) is 0 Å². The Balaban J connectivity index is 4.15. The third-order valence-corrected chi connectivity index (χ3v) is 8.85. The summed E-state index contributed by atoms with van der Waals surface area (Å²) in [6.07, 6.45) is 29.8. The van der Waals surface area contributed by atoms with Gasteiger partial charge in [0.15, 0.2) is 0 Å². The van der Waals surface area contributed by atoms with Crippen LogP contribution in [0.15, 0.2) is 12.2 Å². The van der Waals surface area contributed by atoms with E-state index < -0.39 is 40.0 Å². The Bertz CT molecular complexity index is 742. The molecular weight excluding hydrogens is 550 g/mol. The van der Waals surface area contributed by atoms with Crippen molar-refractivity contribution in [2.24, 2.45) is 0 Å². The lowest BCUT2D eigenvalue weighted by atomic mass is 10.0. The average molecular weight is 618 g/mol. The lowest BCUT2D eigenvalue weighted by molar-refractivity contribution is -0.130. The summed E-state index contributed by atoms with van der Waals surface area (Å²) in [6.45, 7) is 4.47. The Hall–Kier alpha value is -0.960. The standard InChI is InChI=1S/C34H67NO6S/c1-3-5-7-9-11-13-15-16-17-19-20-22-24-26-28-32(36)31(30-42(39,40)41)35-34(38)33(37)29-27-25-23-21-18-14-12-10-8-6-4-2/h26,28,31-33,36-37H,3-25,27,29-30H2,1-2H3,(H,35,38)(H,39,40,41)/b28-26+. The lowest BCUT2D eigenvalue weighted by Gasteiger charge is -2.22. The van der Waals surface area contributed by atoms with Gasteiger partial charge in [-0.1, -0.05) is 167 Å². The fourth-order valence-electron chi connectivity index (χ4n) is 5.34. The molecule has 0 aromatic heterocycles. The lowest BCUT2D eigenvalue weighted by Crippen LogP contribution is -2.50. The Morgan fingerprint density at radius 1 is 0.643 bits per heavy atom. The van der Waals surface area contributed by atoms with Crippen LogP contribution in [0, 0.1) is 0 Å². The molecule has 0 heterocycles. The van der Waals surface area contributed by atoms with Crippen molar-refractivity contribution in [2.75, 3.05) is 5.75 Å². The summed E-state index contributed by atoms with van der Waals surface area (Å²) < 4.78 is 32.3. The van der Waals surface area contributed by atoms with Crippen LogP contribution < -0.4 is 5.32 Å². The van der Waals surface area contributed by atoms with E-state index in [1.54, 1.807) is 6.08 Å². The van der Waals surface area contributed by atoms with Crippen LogP contribution in [0.4, 0.5) is 0 Å². The number of carbonyl (C=O) groups is 1. The highest BCUT2D eigenvalue weighted by Crippen LogP contribution is 2.14. The number of carbonyl (C=O) groups excluding carboxylic acids is 1. The highest BCUT2D eigenvalue weighted by molar-refractivity contribution is 7.85. The molecule has 0 fully saturated rings. The predicted octanol–water partition coefficient (Wildman–Crippen LogP) is 8.43. The van der Waals surface area contributed by atoms with Gasteiger partial charge in [0.25, 0.3) is 10.1 Å². The molecule has 250 valence electrons. The molecule has 8 heteroatoms. The van der Waals surface area contributed by atoms with Crippen molar-refractivity contribution in [2.45, 2.75) is 193 Å². The molecule has 0 aliphatic heterocycles. The zero-order valence-corrected chi connectivity index (χ0v) is 28.1. The molecule has 0 saturated carbocycles. The number of rotatable bonds is 31. The van der Waals surface area contributed by atoms with E-state index in [0.29, 0.717) is 6.42 Å². The number of unbranched alkanes of at least 4 members (excludes halogenated alkanes) is 22. The molecular formula is C34H67NO6S. The third-order valence-electron chi connectivity index (χ3n) is 8.07. The molecule has 0 rings (SSSR count). The van der Waals surface area contributed by atoms with Crippen molar-refractivity contribution >= 4 is 16.0 Å². The molecule has 42 heavy (non-hydrogen) atoms. The minimum atomic E-state index is -4.43. The monoisotopic (exact) mass is 617 g/mol. The first kappa shape index (κ1) is 41.0. The van der Waals surface area contributed by atoms with E-state index in [9.17, 15) is 28.0 Å². The van der Waals surface area contributed by atoms with Crippen LogP contribution in [-0.2, 0) is 14.9 Å². The van der Waals surface area contributed by atoms with Gasteiger partial charge in [0.2, 0.25) is 5.91 Å². The van der Waals surface area contributed by atoms with Gasteiger partial charge in [-0.15, -0.1) is 0 Å². The minimum absolute atomic E-state index is 0.284. The third kappa shape index (κ3) is 27.8. The Morgan fingerprint density at radius 3 is 1.43 bits per heavy atom. The summed E-state index contributed by atoms with van der Waals surface area (Å²) in [5.74, 6) is -1.53. The fraction of sp³-hybridized carbons (Fsp3) is 0.912. The summed E-state index contributed by atoms with van der Waals surface area (Å²) in [5.41, 5.74) is 0. The number of allylic oxidation sites excluding steroid dienone is 1. The second-order valence-corrected chi connectivity index (χ2v) is 13.8. The summed E-state index contributed by atoms with van der Waals surface area (Å²) in [5, 5.41) is 23.2. The highest BCUT2D eigenvalue weighted by Gasteiger charge is 2.27. The van der Waals surface area contributed by atoms with Crippen LogP contribution in [0.2, 0.25) is 0 Å². The van der Waals surface area contributed by atoms with E-state index in [2.05, 4.69) is 19.2 Å². The molecule has 3 atom stereocenters. The van der Waals surface area contributed by atoms with E-state index in [0.717, 1.165) is 38.5 Å². The molecule has 0 aromatic carbocycles. The van der Waals surface area contributed by atoms with Gasteiger partial charge in [0.1, 0.15) is 6.10 Å². The van der Waals surface area contributed by atoms with Crippen molar-refractivity contribution in [3.05, 3.63) is 12.2 Å². The van der Waals surface area contributed by atoms with Crippen LogP contribution in [0.5, 0.6) is 0 Å². The zero-order chi connectivity index (χ0) is 31.3. The first-order valence-corrected chi connectivity index (χ1v) is 19.1. The molecule has 0 radical (unpaired) electrons. The van der Waals surface area contributed by atoms with Crippen molar-refractivity contribution in [1.82, 2.24) is 5.32 Å². The van der Waals surface area contributed by atoms with Gasteiger partial charge in [-0.05, 0) is 19.3 Å². The van der Waals surface area contributed by atoms with Crippen LogP contribution >= 0.6 is 0 Å². The molecule has 0 bridgehead atoms. The zero-order valence-electron chi connectivity index (χ0n) is 27.2. The number of aliphatic hydroxyl groups excluding tert-OH is 2. The molecule has 0 saturated heterocycles. The van der Waals surface area contributed by atoms with Crippen LogP contribution in [0.25, 0.3) is 0 Å². The number of aliphatic hydroxyl groups is 2. The first-order valence-electron chi connectivity index (χ1n) is 17.5. The van der Waals surface area contributed by atoms with Crippen LogP contribution in [0.3, 0.4) is 0 Å². The predicted molar refractivity (Wildman–Crippen MR) is 176 cm³/mol. The second-order valence-electron chi connectivity index (χ2n) is 12.3. The van der Waals surface area contributed by atoms with E-state index in [1.165, 1.54) is 115 Å². The second kappa shape index (κ2) is 28.8. The van der Waals surface area contributed by atoms with Gasteiger partial charge < -0.3 is 15.5 Å². The molecule has 0 aromatic rings. The number of hydrogen-bond acceptors (Lipinski definition) is 5. The summed E-state index contributed by atoms with van der Waals surface area (Å²) in [4.78, 5) is 12.5. The van der Waals surface area contributed by atoms with Gasteiger partial charge in [-0.3, -0.25) is 9.35 Å². The largest absolute Gasteiger partial charge is 0.387 e. The maximum Gasteiger partial charge on any atom is 0.267 e. The van der Waals surface area contributed by atoms with E-state index in [4.69, 9.17) is 0 Å². The normalized spacial score (nSPS) is 14.3. The number of hydrogen-bond donors (Lipinski definition) is 4. The minimum Gasteiger partial charge on any atom is -0.387 e. The van der Waals surface area contributed by atoms with E-state index in [1.807, 2.05) is 0 Å². The Kier molecular flexibility index (Phi) is 28.1.